The number of ether oxygens (including phenoxy) is 1. The van der Waals surface area contributed by atoms with E-state index < -0.39 is 0 Å². The Hall–Kier alpha value is -1.09. The van der Waals surface area contributed by atoms with Crippen molar-refractivity contribution in [3.05, 3.63) is 58.0 Å². The second-order valence-electron chi connectivity index (χ2n) is 3.64. The molecule has 1 aromatic rings. The van der Waals surface area contributed by atoms with E-state index in [1.165, 1.54) is 6.08 Å². The van der Waals surface area contributed by atoms with Gasteiger partial charge in [0.1, 0.15) is 12.4 Å². The summed E-state index contributed by atoms with van der Waals surface area (Å²) in [7, 11) is 0. The maximum atomic E-state index is 13.4. The molecule has 0 bridgehead atoms. The van der Waals surface area contributed by atoms with Crippen LogP contribution >= 0.6 is 15.9 Å². The van der Waals surface area contributed by atoms with E-state index >= 15 is 0 Å². The Labute approximate surface area is 103 Å². The molecular formula is C13H12BrFO. The first kappa shape index (κ1) is 11.4. The average molecular weight is 283 g/mol. The highest BCUT2D eigenvalue weighted by atomic mass is 79.9. The summed E-state index contributed by atoms with van der Waals surface area (Å²) in [4.78, 5) is 0. The van der Waals surface area contributed by atoms with Gasteiger partial charge in [-0.25, -0.2) is 4.39 Å². The molecule has 0 amide bonds. The van der Waals surface area contributed by atoms with Gasteiger partial charge >= 0.3 is 0 Å². The van der Waals surface area contributed by atoms with Crippen molar-refractivity contribution < 1.29 is 9.13 Å². The van der Waals surface area contributed by atoms with Crippen LogP contribution in [0.4, 0.5) is 4.39 Å². The highest BCUT2D eigenvalue weighted by molar-refractivity contribution is 9.11. The minimum Gasteiger partial charge on any atom is -0.490 e. The van der Waals surface area contributed by atoms with Crippen molar-refractivity contribution in [1.82, 2.24) is 0 Å². The van der Waals surface area contributed by atoms with E-state index in [2.05, 4.69) is 15.9 Å². The van der Waals surface area contributed by atoms with Crippen LogP contribution in [0.2, 0.25) is 0 Å². The largest absolute Gasteiger partial charge is 0.490 e. The average Bonchev–Trinajstić information content (AvgIpc) is 2.29. The standard InChI is InChI=1S/C13H12BrFO/c14-11-6-7-13(12(15)8-11)16-9-10-4-2-1-3-5-10/h1-5,8H,6-7,9H2. The molecule has 0 fully saturated rings. The topological polar surface area (TPSA) is 9.23 Å². The van der Waals surface area contributed by atoms with Crippen LogP contribution in [0.3, 0.4) is 0 Å². The van der Waals surface area contributed by atoms with E-state index in [4.69, 9.17) is 4.74 Å². The molecule has 0 atom stereocenters. The second-order valence-corrected chi connectivity index (χ2v) is 4.66. The lowest BCUT2D eigenvalue weighted by Crippen LogP contribution is -1.99. The van der Waals surface area contributed by atoms with Crippen LogP contribution < -0.4 is 0 Å². The van der Waals surface area contributed by atoms with Crippen molar-refractivity contribution in [2.75, 3.05) is 0 Å². The SMILES string of the molecule is FC1=C(OCc2ccccc2)CCC(Br)=C1. The van der Waals surface area contributed by atoms with E-state index in [1.54, 1.807) is 0 Å². The van der Waals surface area contributed by atoms with Crippen LogP contribution in [0.1, 0.15) is 18.4 Å². The van der Waals surface area contributed by atoms with Crippen LogP contribution in [-0.2, 0) is 11.3 Å². The Morgan fingerprint density at radius 1 is 1.19 bits per heavy atom. The Kier molecular flexibility index (Phi) is 3.78. The molecule has 0 radical (unpaired) electrons. The zero-order chi connectivity index (χ0) is 11.4. The third-order valence-electron chi connectivity index (χ3n) is 2.40. The molecule has 0 N–H and O–H groups in total. The maximum Gasteiger partial charge on any atom is 0.161 e. The normalized spacial score (nSPS) is 16.0. The van der Waals surface area contributed by atoms with Crippen molar-refractivity contribution in [3.63, 3.8) is 0 Å². The number of hydrogen-bond acceptors (Lipinski definition) is 1. The van der Waals surface area contributed by atoms with E-state index in [0.29, 0.717) is 18.8 Å². The van der Waals surface area contributed by atoms with Crippen LogP contribution in [0.5, 0.6) is 0 Å². The van der Waals surface area contributed by atoms with E-state index in [9.17, 15) is 4.39 Å². The molecule has 2 rings (SSSR count). The Morgan fingerprint density at radius 2 is 1.94 bits per heavy atom. The number of allylic oxidation sites excluding steroid dienone is 4. The molecule has 0 spiro atoms. The molecule has 0 unspecified atom stereocenters. The van der Waals surface area contributed by atoms with Gasteiger partial charge in [0.15, 0.2) is 5.83 Å². The highest BCUT2D eigenvalue weighted by Crippen LogP contribution is 2.29. The van der Waals surface area contributed by atoms with Crippen molar-refractivity contribution in [1.29, 1.82) is 0 Å². The molecule has 0 aliphatic heterocycles. The first-order valence-corrected chi connectivity index (χ1v) is 5.96. The molecule has 1 aliphatic rings. The van der Waals surface area contributed by atoms with E-state index in [0.717, 1.165) is 16.5 Å². The monoisotopic (exact) mass is 282 g/mol. The van der Waals surface area contributed by atoms with Gasteiger partial charge in [-0.3, -0.25) is 0 Å². The molecular weight excluding hydrogens is 271 g/mol. The summed E-state index contributed by atoms with van der Waals surface area (Å²) >= 11 is 3.28. The van der Waals surface area contributed by atoms with Crippen molar-refractivity contribution >= 4 is 15.9 Å². The van der Waals surface area contributed by atoms with Crippen molar-refractivity contribution in [3.8, 4) is 0 Å². The molecule has 1 aromatic carbocycles. The molecule has 3 heteroatoms. The quantitative estimate of drug-likeness (QED) is 0.796. The first-order chi connectivity index (χ1) is 7.75. The summed E-state index contributed by atoms with van der Waals surface area (Å²) < 4.78 is 19.8. The lowest BCUT2D eigenvalue weighted by Gasteiger charge is -2.14. The van der Waals surface area contributed by atoms with Crippen molar-refractivity contribution in [2.24, 2.45) is 0 Å². The summed E-state index contributed by atoms with van der Waals surface area (Å²) in [6.07, 6.45) is 2.90. The predicted octanol–water partition coefficient (Wildman–Crippen LogP) is 4.46. The van der Waals surface area contributed by atoms with E-state index in [-0.39, 0.29) is 5.83 Å². The summed E-state index contributed by atoms with van der Waals surface area (Å²) in [5, 5.41) is 0. The Balaban J connectivity index is 1.99. The highest BCUT2D eigenvalue weighted by Gasteiger charge is 2.13. The fraction of sp³-hybridized carbons (Fsp3) is 0.231. The lowest BCUT2D eigenvalue weighted by atomic mass is 10.1. The van der Waals surface area contributed by atoms with Gasteiger partial charge in [-0.15, -0.1) is 0 Å². The van der Waals surface area contributed by atoms with Crippen LogP contribution in [0, 0.1) is 0 Å². The summed E-state index contributed by atoms with van der Waals surface area (Å²) in [6, 6.07) is 9.77. The van der Waals surface area contributed by atoms with Gasteiger partial charge in [0.05, 0.1) is 0 Å². The minimum absolute atomic E-state index is 0.269. The third-order valence-corrected chi connectivity index (χ3v) is 3.02. The Bertz CT molecular complexity index is 423. The van der Waals surface area contributed by atoms with Gasteiger partial charge in [-0.2, -0.15) is 0 Å². The molecule has 1 nitrogen and oxygen atoms in total. The minimum atomic E-state index is -0.269. The predicted molar refractivity (Wildman–Crippen MR) is 65.6 cm³/mol. The van der Waals surface area contributed by atoms with Crippen LogP contribution in [-0.4, -0.2) is 0 Å². The summed E-state index contributed by atoms with van der Waals surface area (Å²) in [5.74, 6) is 0.182. The molecule has 1 aliphatic carbocycles. The zero-order valence-electron chi connectivity index (χ0n) is 8.75. The van der Waals surface area contributed by atoms with Crippen molar-refractivity contribution in [2.45, 2.75) is 19.4 Å². The van der Waals surface area contributed by atoms with Crippen LogP contribution in [0.25, 0.3) is 0 Å². The third kappa shape index (κ3) is 2.95. The molecule has 0 saturated carbocycles. The summed E-state index contributed by atoms with van der Waals surface area (Å²) in [5.41, 5.74) is 1.05. The zero-order valence-corrected chi connectivity index (χ0v) is 10.3. The number of benzene rings is 1. The lowest BCUT2D eigenvalue weighted by molar-refractivity contribution is 0.179. The summed E-state index contributed by atoms with van der Waals surface area (Å²) in [6.45, 7) is 0.426. The van der Waals surface area contributed by atoms with Gasteiger partial charge in [-0.1, -0.05) is 46.3 Å². The number of halogens is 2. The van der Waals surface area contributed by atoms with Gasteiger partial charge in [0.25, 0.3) is 0 Å². The van der Waals surface area contributed by atoms with Gasteiger partial charge in [-0.05, 0) is 22.5 Å². The van der Waals surface area contributed by atoms with Crippen LogP contribution in [0.15, 0.2) is 52.5 Å². The number of rotatable bonds is 3. The molecule has 16 heavy (non-hydrogen) atoms. The fourth-order valence-corrected chi connectivity index (χ4v) is 1.93. The number of hydrogen-bond donors (Lipinski definition) is 0. The Morgan fingerprint density at radius 3 is 2.62 bits per heavy atom. The molecule has 84 valence electrons. The van der Waals surface area contributed by atoms with Gasteiger partial charge < -0.3 is 4.74 Å². The molecule has 0 aromatic heterocycles. The smallest absolute Gasteiger partial charge is 0.161 e. The second kappa shape index (κ2) is 5.30. The fourth-order valence-electron chi connectivity index (χ4n) is 1.53. The van der Waals surface area contributed by atoms with Gasteiger partial charge in [0, 0.05) is 6.42 Å². The first-order valence-electron chi connectivity index (χ1n) is 5.17. The molecule has 0 heterocycles. The van der Waals surface area contributed by atoms with E-state index in [1.807, 2.05) is 30.3 Å². The maximum absolute atomic E-state index is 13.4. The molecule has 0 saturated heterocycles. The van der Waals surface area contributed by atoms with Gasteiger partial charge in [0.2, 0.25) is 0 Å².